The molecule has 1 aliphatic carbocycles. The van der Waals surface area contributed by atoms with Crippen LogP contribution >= 0.6 is 0 Å². The lowest BCUT2D eigenvalue weighted by atomic mass is 10.1. The summed E-state index contributed by atoms with van der Waals surface area (Å²) in [5.74, 6) is 1.74. The highest BCUT2D eigenvalue weighted by Crippen LogP contribution is 2.44. The van der Waals surface area contributed by atoms with Crippen LogP contribution in [0.2, 0.25) is 0 Å². The third kappa shape index (κ3) is 2.69. The standard InChI is InChI=1S/C19H23NO2/c1-11(2)21-13-5-7-15-16-8-6-14(22-12(3)4)10-18(16)19(20)17(15)9-13/h5-12,19H,20H2,1-4H3. The molecule has 3 heteroatoms. The second-order valence-electron chi connectivity index (χ2n) is 6.31. The van der Waals surface area contributed by atoms with Gasteiger partial charge in [0.2, 0.25) is 0 Å². The fourth-order valence-electron chi connectivity index (χ4n) is 2.95. The number of benzene rings is 2. The van der Waals surface area contributed by atoms with Gasteiger partial charge < -0.3 is 15.2 Å². The molecule has 0 spiro atoms. The molecule has 0 atom stereocenters. The molecule has 22 heavy (non-hydrogen) atoms. The van der Waals surface area contributed by atoms with Crippen molar-refractivity contribution in [3.63, 3.8) is 0 Å². The zero-order valence-corrected chi connectivity index (χ0v) is 13.6. The monoisotopic (exact) mass is 297 g/mol. The largest absolute Gasteiger partial charge is 0.491 e. The van der Waals surface area contributed by atoms with E-state index >= 15 is 0 Å². The molecule has 0 saturated heterocycles. The quantitative estimate of drug-likeness (QED) is 0.915. The van der Waals surface area contributed by atoms with Crippen LogP contribution in [0.1, 0.15) is 44.9 Å². The summed E-state index contributed by atoms with van der Waals surface area (Å²) >= 11 is 0. The molecule has 0 bridgehead atoms. The fraction of sp³-hybridized carbons (Fsp3) is 0.368. The second-order valence-corrected chi connectivity index (χ2v) is 6.31. The first-order valence-corrected chi connectivity index (χ1v) is 7.83. The van der Waals surface area contributed by atoms with Crippen LogP contribution in [0.4, 0.5) is 0 Å². The molecule has 3 nitrogen and oxygen atoms in total. The first-order valence-electron chi connectivity index (χ1n) is 7.83. The molecule has 2 aromatic carbocycles. The molecule has 116 valence electrons. The van der Waals surface area contributed by atoms with Crippen LogP contribution in [-0.2, 0) is 0 Å². The Morgan fingerprint density at radius 2 is 1.18 bits per heavy atom. The van der Waals surface area contributed by atoms with E-state index in [4.69, 9.17) is 15.2 Å². The molecule has 0 unspecified atom stereocenters. The highest BCUT2D eigenvalue weighted by atomic mass is 16.5. The number of hydrogen-bond acceptors (Lipinski definition) is 3. The van der Waals surface area contributed by atoms with E-state index in [0.29, 0.717) is 0 Å². The van der Waals surface area contributed by atoms with Gasteiger partial charge in [0.15, 0.2) is 0 Å². The summed E-state index contributed by atoms with van der Waals surface area (Å²) in [6.45, 7) is 8.10. The maximum Gasteiger partial charge on any atom is 0.120 e. The zero-order chi connectivity index (χ0) is 15.9. The van der Waals surface area contributed by atoms with E-state index in [1.165, 1.54) is 11.1 Å². The van der Waals surface area contributed by atoms with E-state index in [-0.39, 0.29) is 18.2 Å². The first kappa shape index (κ1) is 14.9. The molecule has 0 radical (unpaired) electrons. The van der Waals surface area contributed by atoms with Crippen molar-refractivity contribution in [1.82, 2.24) is 0 Å². The van der Waals surface area contributed by atoms with Crippen molar-refractivity contribution in [2.75, 3.05) is 0 Å². The van der Waals surface area contributed by atoms with Crippen molar-refractivity contribution in [1.29, 1.82) is 0 Å². The number of ether oxygens (including phenoxy) is 2. The Balaban J connectivity index is 1.98. The molecule has 0 saturated carbocycles. The SMILES string of the molecule is CC(C)Oc1ccc2c(c1)C(N)c1cc(OC(C)C)ccc1-2. The van der Waals surface area contributed by atoms with Crippen LogP contribution in [0.5, 0.6) is 11.5 Å². The number of nitrogens with two attached hydrogens (primary N) is 1. The fourth-order valence-corrected chi connectivity index (χ4v) is 2.95. The Morgan fingerprint density at radius 1 is 0.773 bits per heavy atom. The number of hydrogen-bond donors (Lipinski definition) is 1. The Kier molecular flexibility index (Phi) is 3.83. The maximum atomic E-state index is 6.45. The van der Waals surface area contributed by atoms with Gasteiger partial charge in [-0.05, 0) is 74.2 Å². The Hall–Kier alpha value is -2.00. The predicted molar refractivity (Wildman–Crippen MR) is 89.4 cm³/mol. The van der Waals surface area contributed by atoms with Gasteiger partial charge in [-0.1, -0.05) is 12.1 Å². The molecule has 1 aliphatic rings. The summed E-state index contributed by atoms with van der Waals surface area (Å²) in [6.07, 6.45) is 0.313. The highest BCUT2D eigenvalue weighted by Gasteiger charge is 2.27. The molecule has 2 N–H and O–H groups in total. The predicted octanol–water partition coefficient (Wildman–Crippen LogP) is 4.29. The van der Waals surface area contributed by atoms with Crippen molar-refractivity contribution in [2.45, 2.75) is 45.9 Å². The molecule has 2 aromatic rings. The topological polar surface area (TPSA) is 44.5 Å². The summed E-state index contributed by atoms with van der Waals surface area (Å²) in [5.41, 5.74) is 11.1. The third-order valence-electron chi connectivity index (χ3n) is 3.75. The van der Waals surface area contributed by atoms with Gasteiger partial charge in [-0.2, -0.15) is 0 Å². The lowest BCUT2D eigenvalue weighted by Gasteiger charge is -2.13. The number of rotatable bonds is 4. The summed E-state index contributed by atoms with van der Waals surface area (Å²) in [4.78, 5) is 0. The van der Waals surface area contributed by atoms with Crippen LogP contribution < -0.4 is 15.2 Å². The molecular formula is C19H23NO2. The number of fused-ring (bicyclic) bond motifs is 3. The van der Waals surface area contributed by atoms with Gasteiger partial charge in [0.25, 0.3) is 0 Å². The van der Waals surface area contributed by atoms with Gasteiger partial charge >= 0.3 is 0 Å². The van der Waals surface area contributed by atoms with E-state index in [0.717, 1.165) is 22.6 Å². The average Bonchev–Trinajstić information content (AvgIpc) is 2.71. The Morgan fingerprint density at radius 3 is 1.55 bits per heavy atom. The summed E-state index contributed by atoms with van der Waals surface area (Å²) < 4.78 is 11.6. The van der Waals surface area contributed by atoms with Gasteiger partial charge in [0.1, 0.15) is 11.5 Å². The molecule has 0 aromatic heterocycles. The van der Waals surface area contributed by atoms with Crippen LogP contribution in [0.25, 0.3) is 11.1 Å². The maximum absolute atomic E-state index is 6.45. The van der Waals surface area contributed by atoms with Gasteiger partial charge in [-0.25, -0.2) is 0 Å². The molecule has 0 fully saturated rings. The minimum absolute atomic E-state index is 0.128. The van der Waals surface area contributed by atoms with E-state index < -0.39 is 0 Å². The van der Waals surface area contributed by atoms with Crippen molar-refractivity contribution < 1.29 is 9.47 Å². The van der Waals surface area contributed by atoms with Crippen molar-refractivity contribution in [3.05, 3.63) is 47.5 Å². The molecule has 3 rings (SSSR count). The van der Waals surface area contributed by atoms with E-state index in [1.807, 2.05) is 39.8 Å². The summed E-state index contributed by atoms with van der Waals surface area (Å²) in [6, 6.07) is 12.2. The molecule has 0 heterocycles. The molecule has 0 aliphatic heterocycles. The van der Waals surface area contributed by atoms with Crippen LogP contribution in [0.15, 0.2) is 36.4 Å². The van der Waals surface area contributed by atoms with Crippen molar-refractivity contribution in [2.24, 2.45) is 5.73 Å². The van der Waals surface area contributed by atoms with Gasteiger partial charge in [-0.15, -0.1) is 0 Å². The third-order valence-corrected chi connectivity index (χ3v) is 3.75. The Labute approximate surface area is 132 Å². The molecule has 0 amide bonds. The van der Waals surface area contributed by atoms with Crippen LogP contribution in [0.3, 0.4) is 0 Å². The normalized spacial score (nSPS) is 13.4. The van der Waals surface area contributed by atoms with Gasteiger partial charge in [0, 0.05) is 0 Å². The van der Waals surface area contributed by atoms with Crippen molar-refractivity contribution in [3.8, 4) is 22.6 Å². The lowest BCUT2D eigenvalue weighted by molar-refractivity contribution is 0.242. The van der Waals surface area contributed by atoms with Gasteiger partial charge in [0.05, 0.1) is 18.2 Å². The second kappa shape index (κ2) is 5.65. The summed E-state index contributed by atoms with van der Waals surface area (Å²) in [5, 5.41) is 0. The van der Waals surface area contributed by atoms with Crippen molar-refractivity contribution >= 4 is 0 Å². The van der Waals surface area contributed by atoms with Crippen LogP contribution in [0, 0.1) is 0 Å². The molecular weight excluding hydrogens is 274 g/mol. The van der Waals surface area contributed by atoms with Gasteiger partial charge in [-0.3, -0.25) is 0 Å². The smallest absolute Gasteiger partial charge is 0.120 e. The van der Waals surface area contributed by atoms with E-state index in [1.54, 1.807) is 0 Å². The minimum Gasteiger partial charge on any atom is -0.491 e. The van der Waals surface area contributed by atoms with E-state index in [2.05, 4.69) is 24.3 Å². The summed E-state index contributed by atoms with van der Waals surface area (Å²) in [7, 11) is 0. The van der Waals surface area contributed by atoms with Crippen LogP contribution in [-0.4, -0.2) is 12.2 Å². The highest BCUT2D eigenvalue weighted by molar-refractivity contribution is 5.79. The van der Waals surface area contributed by atoms with E-state index in [9.17, 15) is 0 Å². The average molecular weight is 297 g/mol. The lowest BCUT2D eigenvalue weighted by Crippen LogP contribution is -2.10. The first-order chi connectivity index (χ1) is 10.5. The zero-order valence-electron chi connectivity index (χ0n) is 13.6. The Bertz CT molecular complexity index is 632. The minimum atomic E-state index is -0.128.